The minimum absolute atomic E-state index is 0.00786. The fourth-order valence-electron chi connectivity index (χ4n) is 3.44. The molecular formula is C15H15NO2S. The van der Waals surface area contributed by atoms with Crippen LogP contribution in [0.2, 0.25) is 0 Å². The first kappa shape index (κ1) is 11.3. The maximum atomic E-state index is 9.80. The summed E-state index contributed by atoms with van der Waals surface area (Å²) in [5, 5.41) is 25.2. The van der Waals surface area contributed by atoms with Gasteiger partial charge in [0.05, 0.1) is 0 Å². The second-order valence-electron chi connectivity index (χ2n) is 5.34. The first-order chi connectivity index (χ1) is 9.24. The Morgan fingerprint density at radius 2 is 2.00 bits per heavy atom. The van der Waals surface area contributed by atoms with Crippen molar-refractivity contribution in [3.63, 3.8) is 0 Å². The minimum Gasteiger partial charge on any atom is -0.504 e. The van der Waals surface area contributed by atoms with Crippen molar-refractivity contribution in [3.05, 3.63) is 45.1 Å². The lowest BCUT2D eigenvalue weighted by Gasteiger charge is -2.38. The van der Waals surface area contributed by atoms with Gasteiger partial charge < -0.3 is 15.5 Å². The third-order valence-electron chi connectivity index (χ3n) is 4.34. The lowest BCUT2D eigenvalue weighted by atomic mass is 9.74. The van der Waals surface area contributed by atoms with Crippen molar-refractivity contribution >= 4 is 11.3 Å². The van der Waals surface area contributed by atoms with Crippen LogP contribution >= 0.6 is 11.3 Å². The third kappa shape index (κ3) is 1.60. The zero-order chi connectivity index (χ0) is 13.0. The lowest BCUT2D eigenvalue weighted by Crippen LogP contribution is -2.41. The monoisotopic (exact) mass is 273 g/mol. The van der Waals surface area contributed by atoms with Crippen LogP contribution in [0.1, 0.15) is 33.9 Å². The van der Waals surface area contributed by atoms with Gasteiger partial charge in [-0.15, -0.1) is 11.3 Å². The van der Waals surface area contributed by atoms with E-state index in [9.17, 15) is 10.2 Å². The average Bonchev–Trinajstić information content (AvgIpc) is 2.88. The Labute approximate surface area is 115 Å². The molecule has 1 aromatic heterocycles. The van der Waals surface area contributed by atoms with Crippen molar-refractivity contribution in [3.8, 4) is 11.5 Å². The van der Waals surface area contributed by atoms with Crippen LogP contribution in [0.15, 0.2) is 23.6 Å². The van der Waals surface area contributed by atoms with Crippen LogP contribution < -0.4 is 5.32 Å². The first-order valence-electron chi connectivity index (χ1n) is 6.58. The van der Waals surface area contributed by atoms with Gasteiger partial charge in [0.2, 0.25) is 0 Å². The number of hydrogen-bond donors (Lipinski definition) is 3. The van der Waals surface area contributed by atoms with Gasteiger partial charge >= 0.3 is 0 Å². The highest BCUT2D eigenvalue weighted by molar-refractivity contribution is 7.10. The van der Waals surface area contributed by atoms with Crippen molar-refractivity contribution in [2.24, 2.45) is 0 Å². The predicted molar refractivity (Wildman–Crippen MR) is 74.9 cm³/mol. The number of aromatic hydroxyl groups is 2. The van der Waals surface area contributed by atoms with Gasteiger partial charge in [-0.3, -0.25) is 0 Å². The summed E-state index contributed by atoms with van der Waals surface area (Å²) in [6, 6.07) is 6.12. The topological polar surface area (TPSA) is 52.5 Å². The highest BCUT2D eigenvalue weighted by Gasteiger charge is 2.35. The van der Waals surface area contributed by atoms with Gasteiger partial charge in [0, 0.05) is 23.4 Å². The third-order valence-corrected chi connectivity index (χ3v) is 5.27. The summed E-state index contributed by atoms with van der Waals surface area (Å²) in [4.78, 5) is 1.39. The second-order valence-corrected chi connectivity index (χ2v) is 6.34. The summed E-state index contributed by atoms with van der Waals surface area (Å²) >= 11 is 1.79. The molecule has 0 spiro atoms. The Kier molecular flexibility index (Phi) is 2.37. The van der Waals surface area contributed by atoms with E-state index in [1.165, 1.54) is 16.0 Å². The van der Waals surface area contributed by atoms with Crippen molar-refractivity contribution in [2.45, 2.75) is 31.3 Å². The number of thiophene rings is 1. The molecule has 2 atom stereocenters. The number of nitrogens with one attached hydrogen (secondary N) is 1. The van der Waals surface area contributed by atoms with E-state index in [4.69, 9.17) is 0 Å². The number of aryl methyl sites for hydroxylation is 1. The molecule has 0 saturated carbocycles. The number of benzene rings is 1. The molecule has 0 radical (unpaired) electrons. The Morgan fingerprint density at radius 1 is 1.16 bits per heavy atom. The van der Waals surface area contributed by atoms with Crippen molar-refractivity contribution in [1.29, 1.82) is 0 Å². The zero-order valence-corrected chi connectivity index (χ0v) is 11.2. The van der Waals surface area contributed by atoms with E-state index in [0.29, 0.717) is 12.0 Å². The first-order valence-corrected chi connectivity index (χ1v) is 7.46. The number of hydrogen-bond acceptors (Lipinski definition) is 4. The predicted octanol–water partition coefficient (Wildman–Crippen LogP) is 2.71. The molecule has 0 saturated heterocycles. The zero-order valence-electron chi connectivity index (χ0n) is 10.4. The lowest BCUT2D eigenvalue weighted by molar-refractivity contribution is 0.382. The summed E-state index contributed by atoms with van der Waals surface area (Å²) in [5.41, 5.74) is 3.72. The average molecular weight is 273 g/mol. The number of phenolic OH excluding ortho intramolecular Hbond substituents is 2. The molecule has 2 aromatic rings. The quantitative estimate of drug-likeness (QED) is 0.647. The number of phenols is 2. The molecule has 4 rings (SSSR count). The van der Waals surface area contributed by atoms with Crippen LogP contribution in [-0.2, 0) is 13.0 Å². The molecule has 3 N–H and O–H groups in total. The van der Waals surface area contributed by atoms with Gasteiger partial charge in [-0.1, -0.05) is 0 Å². The molecule has 19 heavy (non-hydrogen) atoms. The highest BCUT2D eigenvalue weighted by Crippen LogP contribution is 2.45. The van der Waals surface area contributed by atoms with E-state index >= 15 is 0 Å². The van der Waals surface area contributed by atoms with Gasteiger partial charge in [-0.25, -0.2) is 0 Å². The van der Waals surface area contributed by atoms with E-state index in [1.54, 1.807) is 23.5 Å². The molecule has 2 unspecified atom stereocenters. The molecule has 0 amide bonds. The summed E-state index contributed by atoms with van der Waals surface area (Å²) < 4.78 is 0. The number of fused-ring (bicyclic) bond motifs is 5. The van der Waals surface area contributed by atoms with Gasteiger partial charge in [-0.05, 0) is 53.1 Å². The van der Waals surface area contributed by atoms with Crippen molar-refractivity contribution < 1.29 is 10.2 Å². The largest absolute Gasteiger partial charge is 0.504 e. The van der Waals surface area contributed by atoms with Gasteiger partial charge in [-0.2, -0.15) is 0 Å². The fraction of sp³-hybridized carbons (Fsp3) is 0.333. The van der Waals surface area contributed by atoms with Crippen LogP contribution in [0.3, 0.4) is 0 Å². The maximum absolute atomic E-state index is 9.80. The maximum Gasteiger partial charge on any atom is 0.157 e. The fourth-order valence-corrected chi connectivity index (χ4v) is 4.31. The second kappa shape index (κ2) is 3.99. The molecule has 98 valence electrons. The van der Waals surface area contributed by atoms with Crippen molar-refractivity contribution in [1.82, 2.24) is 5.32 Å². The summed E-state index contributed by atoms with van der Waals surface area (Å²) in [6.45, 7) is 0.952. The normalized spacial score (nSPS) is 24.4. The Balaban J connectivity index is 1.91. The highest BCUT2D eigenvalue weighted by atomic mass is 32.1. The molecule has 0 fully saturated rings. The van der Waals surface area contributed by atoms with Crippen LogP contribution in [0.25, 0.3) is 0 Å². The summed E-state index contributed by atoms with van der Waals surface area (Å²) in [6.07, 6.45) is 2.04. The molecule has 1 aliphatic heterocycles. The summed E-state index contributed by atoms with van der Waals surface area (Å²) in [7, 11) is 0. The molecule has 1 aliphatic carbocycles. The molecule has 1 aromatic carbocycles. The smallest absolute Gasteiger partial charge is 0.157 e. The Bertz CT molecular complexity index is 650. The van der Waals surface area contributed by atoms with E-state index in [1.807, 2.05) is 0 Å². The minimum atomic E-state index is -0.0123. The van der Waals surface area contributed by atoms with Gasteiger partial charge in [0.25, 0.3) is 0 Å². The molecule has 2 heterocycles. The van der Waals surface area contributed by atoms with Crippen LogP contribution in [-0.4, -0.2) is 16.3 Å². The molecular weight excluding hydrogens is 258 g/mol. The standard InChI is InChI=1S/C15H15NO2S/c17-12-5-8-1-2-11-15(10(8)6-13(12)18)9-3-4-19-14(9)7-16-11/h3-6,11,15-18H,1-2,7H2. The van der Waals surface area contributed by atoms with E-state index in [-0.39, 0.29) is 11.5 Å². The molecule has 2 aliphatic rings. The van der Waals surface area contributed by atoms with Gasteiger partial charge in [0.15, 0.2) is 11.5 Å². The SMILES string of the molecule is Oc1cc2c(cc1O)C1c3ccsc3CNC1CC2. The van der Waals surface area contributed by atoms with Crippen LogP contribution in [0.5, 0.6) is 11.5 Å². The van der Waals surface area contributed by atoms with E-state index in [2.05, 4.69) is 16.8 Å². The summed E-state index contributed by atoms with van der Waals surface area (Å²) in [5.74, 6) is 0.290. The van der Waals surface area contributed by atoms with Crippen LogP contribution in [0.4, 0.5) is 0 Å². The van der Waals surface area contributed by atoms with Gasteiger partial charge in [0.1, 0.15) is 0 Å². The van der Waals surface area contributed by atoms with E-state index < -0.39 is 0 Å². The van der Waals surface area contributed by atoms with E-state index in [0.717, 1.165) is 24.9 Å². The molecule has 4 heteroatoms. The van der Waals surface area contributed by atoms with Crippen LogP contribution in [0, 0.1) is 0 Å². The van der Waals surface area contributed by atoms with Crippen molar-refractivity contribution in [2.75, 3.05) is 0 Å². The molecule has 0 bridgehead atoms. The molecule has 3 nitrogen and oxygen atoms in total. The Hall–Kier alpha value is -1.52. The Morgan fingerprint density at radius 3 is 2.89 bits per heavy atom. The number of rotatable bonds is 0.